The first-order valence-corrected chi connectivity index (χ1v) is 4.99. The van der Waals surface area contributed by atoms with Gasteiger partial charge in [0.15, 0.2) is 0 Å². The molecular weight excluding hydrogens is 194 g/mol. The van der Waals surface area contributed by atoms with Crippen LogP contribution >= 0.6 is 11.3 Å². The predicted octanol–water partition coefficient (Wildman–Crippen LogP) is 2.78. The second-order valence-electron chi connectivity index (χ2n) is 2.88. The zero-order valence-corrected chi connectivity index (χ0v) is 8.20. The molecule has 0 spiro atoms. The van der Waals surface area contributed by atoms with Crippen molar-refractivity contribution in [1.29, 1.82) is 0 Å². The van der Waals surface area contributed by atoms with Gasteiger partial charge in [-0.2, -0.15) is 8.78 Å². The van der Waals surface area contributed by atoms with E-state index in [0.29, 0.717) is 0 Å². The highest BCUT2D eigenvalue weighted by molar-refractivity contribution is 7.12. The molecule has 0 radical (unpaired) electrons. The largest absolute Gasteiger partial charge is 0.390 e. The third-order valence-corrected chi connectivity index (χ3v) is 2.97. The third kappa shape index (κ3) is 2.48. The molecule has 0 unspecified atom stereocenters. The van der Waals surface area contributed by atoms with Crippen LogP contribution < -0.4 is 0 Å². The van der Waals surface area contributed by atoms with Gasteiger partial charge in [0.2, 0.25) is 0 Å². The van der Waals surface area contributed by atoms with E-state index in [0.717, 1.165) is 29.1 Å². The highest BCUT2D eigenvalue weighted by atomic mass is 32.1. The Morgan fingerprint density at radius 2 is 2.15 bits per heavy atom. The Bertz CT molecular complexity index is 270. The summed E-state index contributed by atoms with van der Waals surface area (Å²) in [6, 6.07) is 3.10. The van der Waals surface area contributed by atoms with Crippen LogP contribution in [0, 0.1) is 0 Å². The van der Waals surface area contributed by atoms with Crippen molar-refractivity contribution in [3.8, 4) is 0 Å². The Hall–Kier alpha value is -0.480. The van der Waals surface area contributed by atoms with Crippen molar-refractivity contribution in [3.05, 3.63) is 21.9 Å². The summed E-state index contributed by atoms with van der Waals surface area (Å²) < 4.78 is 25.8. The van der Waals surface area contributed by atoms with Crippen molar-refractivity contribution in [2.75, 3.05) is 6.61 Å². The van der Waals surface area contributed by atoms with Crippen LogP contribution in [0.3, 0.4) is 0 Å². The first-order valence-electron chi connectivity index (χ1n) is 4.18. The maximum absolute atomic E-state index is 12.9. The van der Waals surface area contributed by atoms with Gasteiger partial charge in [0.1, 0.15) is 6.61 Å². The fraction of sp³-hybridized carbons (Fsp3) is 0.556. The standard InChI is InChI=1S/C9H12F2OS/c1-2-3-7-4-5-8(13-7)9(10,11)6-12/h4-5,12H,2-3,6H2,1H3. The molecule has 0 saturated heterocycles. The summed E-state index contributed by atoms with van der Waals surface area (Å²) in [5.41, 5.74) is 0. The van der Waals surface area contributed by atoms with Crippen LogP contribution in [0.25, 0.3) is 0 Å². The summed E-state index contributed by atoms with van der Waals surface area (Å²) in [6.45, 7) is 0.892. The first kappa shape index (κ1) is 10.6. The van der Waals surface area contributed by atoms with Crippen LogP contribution in [0.2, 0.25) is 0 Å². The summed E-state index contributed by atoms with van der Waals surface area (Å²) in [6.07, 6.45) is 1.77. The van der Waals surface area contributed by atoms with E-state index in [-0.39, 0.29) is 4.88 Å². The summed E-state index contributed by atoms with van der Waals surface area (Å²) >= 11 is 1.08. The molecule has 0 aliphatic rings. The number of alkyl halides is 2. The Morgan fingerprint density at radius 1 is 1.46 bits per heavy atom. The molecule has 1 nitrogen and oxygen atoms in total. The molecule has 0 amide bonds. The highest BCUT2D eigenvalue weighted by Crippen LogP contribution is 2.33. The predicted molar refractivity (Wildman–Crippen MR) is 49.3 cm³/mol. The zero-order chi connectivity index (χ0) is 9.90. The van der Waals surface area contributed by atoms with Gasteiger partial charge in [-0.1, -0.05) is 13.3 Å². The third-order valence-electron chi connectivity index (χ3n) is 1.72. The van der Waals surface area contributed by atoms with Crippen LogP contribution in [0.5, 0.6) is 0 Å². The minimum atomic E-state index is -3.07. The van der Waals surface area contributed by atoms with E-state index < -0.39 is 12.5 Å². The minimum absolute atomic E-state index is 0.0431. The van der Waals surface area contributed by atoms with E-state index in [9.17, 15) is 8.78 Å². The normalized spacial score (nSPS) is 12.0. The van der Waals surface area contributed by atoms with Crippen LogP contribution in [-0.4, -0.2) is 11.7 Å². The number of thiophene rings is 1. The average molecular weight is 206 g/mol. The Balaban J connectivity index is 2.79. The Labute approximate surface area is 80.0 Å². The van der Waals surface area contributed by atoms with Crippen molar-refractivity contribution >= 4 is 11.3 Å². The lowest BCUT2D eigenvalue weighted by atomic mass is 10.2. The molecule has 1 rings (SSSR count). The Morgan fingerprint density at radius 3 is 2.69 bits per heavy atom. The molecule has 74 valence electrons. The molecule has 13 heavy (non-hydrogen) atoms. The van der Waals surface area contributed by atoms with Crippen molar-refractivity contribution in [1.82, 2.24) is 0 Å². The summed E-state index contributed by atoms with van der Waals surface area (Å²) in [4.78, 5) is 0.907. The lowest BCUT2D eigenvalue weighted by molar-refractivity contribution is -0.0524. The number of hydrogen-bond acceptors (Lipinski definition) is 2. The smallest absolute Gasteiger partial charge is 0.304 e. The van der Waals surface area contributed by atoms with Crippen molar-refractivity contribution in [2.45, 2.75) is 25.7 Å². The fourth-order valence-electron chi connectivity index (χ4n) is 1.03. The molecule has 1 N–H and O–H groups in total. The van der Waals surface area contributed by atoms with Gasteiger partial charge in [0, 0.05) is 4.88 Å². The highest BCUT2D eigenvalue weighted by Gasteiger charge is 2.31. The number of rotatable bonds is 4. The second-order valence-corrected chi connectivity index (χ2v) is 4.05. The number of aliphatic hydroxyl groups excluding tert-OH is 1. The lowest BCUT2D eigenvalue weighted by Crippen LogP contribution is -2.16. The van der Waals surface area contributed by atoms with Gasteiger partial charge in [-0.25, -0.2) is 0 Å². The van der Waals surface area contributed by atoms with Gasteiger partial charge < -0.3 is 5.11 Å². The number of aryl methyl sites for hydroxylation is 1. The zero-order valence-electron chi connectivity index (χ0n) is 7.39. The van der Waals surface area contributed by atoms with Gasteiger partial charge in [-0.3, -0.25) is 0 Å². The van der Waals surface area contributed by atoms with E-state index in [2.05, 4.69) is 0 Å². The first-order chi connectivity index (χ1) is 6.10. The topological polar surface area (TPSA) is 20.2 Å². The van der Waals surface area contributed by atoms with Crippen LogP contribution in [-0.2, 0) is 12.3 Å². The van der Waals surface area contributed by atoms with E-state index in [1.54, 1.807) is 6.07 Å². The van der Waals surface area contributed by atoms with Crippen LogP contribution in [0.1, 0.15) is 23.1 Å². The molecule has 0 atom stereocenters. The fourth-order valence-corrected chi connectivity index (χ4v) is 2.11. The maximum Gasteiger partial charge on any atom is 0.304 e. The molecule has 0 aliphatic heterocycles. The molecule has 1 aromatic rings. The average Bonchev–Trinajstić information content (AvgIpc) is 2.54. The summed E-state index contributed by atoms with van der Waals surface area (Å²) in [7, 11) is 0. The van der Waals surface area contributed by atoms with Gasteiger partial charge in [-0.15, -0.1) is 11.3 Å². The van der Waals surface area contributed by atoms with Gasteiger partial charge in [-0.05, 0) is 18.6 Å². The minimum Gasteiger partial charge on any atom is -0.390 e. The number of aliphatic hydroxyl groups is 1. The van der Waals surface area contributed by atoms with E-state index in [4.69, 9.17) is 5.11 Å². The summed E-state index contributed by atoms with van der Waals surface area (Å²) in [5, 5.41) is 8.44. The number of halogens is 2. The van der Waals surface area contributed by atoms with E-state index in [1.165, 1.54) is 6.07 Å². The molecule has 1 aromatic heterocycles. The van der Waals surface area contributed by atoms with Gasteiger partial charge in [0.05, 0.1) is 4.88 Å². The monoisotopic (exact) mass is 206 g/mol. The molecule has 0 aliphatic carbocycles. The SMILES string of the molecule is CCCc1ccc(C(F)(F)CO)s1. The molecule has 0 saturated carbocycles. The quantitative estimate of drug-likeness (QED) is 0.803. The molecule has 0 bridgehead atoms. The van der Waals surface area contributed by atoms with Crippen LogP contribution in [0.15, 0.2) is 12.1 Å². The second kappa shape index (κ2) is 4.15. The van der Waals surface area contributed by atoms with Gasteiger partial charge in [0.25, 0.3) is 0 Å². The van der Waals surface area contributed by atoms with Crippen molar-refractivity contribution < 1.29 is 13.9 Å². The summed E-state index contributed by atoms with van der Waals surface area (Å²) in [5.74, 6) is -3.07. The van der Waals surface area contributed by atoms with Crippen molar-refractivity contribution in [2.24, 2.45) is 0 Å². The van der Waals surface area contributed by atoms with E-state index in [1.807, 2.05) is 6.92 Å². The van der Waals surface area contributed by atoms with Crippen LogP contribution in [0.4, 0.5) is 8.78 Å². The molecular formula is C9H12F2OS. The molecule has 0 fully saturated rings. The lowest BCUT2D eigenvalue weighted by Gasteiger charge is -2.09. The molecule has 4 heteroatoms. The molecule has 1 heterocycles. The van der Waals surface area contributed by atoms with Crippen molar-refractivity contribution in [3.63, 3.8) is 0 Å². The Kier molecular flexibility index (Phi) is 3.39. The van der Waals surface area contributed by atoms with Gasteiger partial charge >= 0.3 is 5.92 Å². The maximum atomic E-state index is 12.9. The number of hydrogen-bond donors (Lipinski definition) is 1. The molecule has 0 aromatic carbocycles. The van der Waals surface area contributed by atoms with E-state index >= 15 is 0 Å².